The van der Waals surface area contributed by atoms with Gasteiger partial charge in [0.25, 0.3) is 5.91 Å². The highest BCUT2D eigenvalue weighted by Gasteiger charge is 2.48. The highest BCUT2D eigenvalue weighted by Crippen LogP contribution is 2.39. The van der Waals surface area contributed by atoms with E-state index in [-0.39, 0.29) is 18.4 Å². The molecule has 1 aromatic rings. The minimum Gasteiger partial charge on any atom is -0.496 e. The predicted molar refractivity (Wildman–Crippen MR) is 78.4 cm³/mol. The van der Waals surface area contributed by atoms with E-state index in [4.69, 9.17) is 4.74 Å². The zero-order valence-corrected chi connectivity index (χ0v) is 12.6. The molecule has 1 saturated heterocycles. The third-order valence-corrected chi connectivity index (χ3v) is 4.46. The summed E-state index contributed by atoms with van der Waals surface area (Å²) >= 11 is 0. The first-order valence-electron chi connectivity index (χ1n) is 7.08. The van der Waals surface area contributed by atoms with Crippen LogP contribution in [0.15, 0.2) is 24.3 Å². The van der Waals surface area contributed by atoms with Gasteiger partial charge in [-0.05, 0) is 24.5 Å². The molecule has 0 radical (unpaired) electrons. The predicted octanol–water partition coefficient (Wildman–Crippen LogP) is 2.27. The number of carbonyl (C=O) groups excluding carboxylic acids is 1. The largest absolute Gasteiger partial charge is 0.496 e. The summed E-state index contributed by atoms with van der Waals surface area (Å²) in [5.74, 6) is -0.505. The van der Waals surface area contributed by atoms with Gasteiger partial charge in [-0.15, -0.1) is 0 Å². The molecule has 21 heavy (non-hydrogen) atoms. The van der Waals surface area contributed by atoms with E-state index in [1.165, 1.54) is 7.11 Å². The fourth-order valence-corrected chi connectivity index (χ4v) is 2.89. The molecule has 0 bridgehead atoms. The summed E-state index contributed by atoms with van der Waals surface area (Å²) in [5, 5.41) is 9.54. The number of amides is 1. The number of likely N-dealkylation sites (tertiary alicyclic amines) is 1. The lowest BCUT2D eigenvalue weighted by atomic mass is 9.76. The number of methoxy groups -OCH3 is 1. The van der Waals surface area contributed by atoms with Crippen LogP contribution in [0.2, 0.25) is 0 Å². The third kappa shape index (κ3) is 2.60. The summed E-state index contributed by atoms with van der Waals surface area (Å²) in [6.45, 7) is 4.49. The Morgan fingerprint density at radius 1 is 1.33 bits per heavy atom. The Kier molecular flexibility index (Phi) is 4.21. The Labute approximate surface area is 124 Å². The van der Waals surface area contributed by atoms with Crippen molar-refractivity contribution >= 4 is 11.9 Å². The number of nitrogens with zero attached hydrogens (tertiary/aromatic N) is 1. The molecule has 2 rings (SSSR count). The average Bonchev–Trinajstić information content (AvgIpc) is 2.93. The Hall–Kier alpha value is -2.04. The number of carboxylic acids is 1. The van der Waals surface area contributed by atoms with E-state index in [0.717, 1.165) is 0 Å². The molecule has 1 aliphatic rings. The smallest absolute Gasteiger partial charge is 0.311 e. The Morgan fingerprint density at radius 2 is 2.00 bits per heavy atom. The fraction of sp³-hybridized carbons (Fsp3) is 0.500. The van der Waals surface area contributed by atoms with Gasteiger partial charge in [-0.1, -0.05) is 26.0 Å². The second kappa shape index (κ2) is 5.76. The molecule has 5 heteroatoms. The van der Waals surface area contributed by atoms with E-state index in [0.29, 0.717) is 24.3 Å². The number of ether oxygens (including phenoxy) is 1. The lowest BCUT2D eigenvalue weighted by Gasteiger charge is -2.28. The highest BCUT2D eigenvalue weighted by atomic mass is 16.5. The van der Waals surface area contributed by atoms with Crippen molar-refractivity contribution in [3.63, 3.8) is 0 Å². The minimum atomic E-state index is -0.850. The van der Waals surface area contributed by atoms with Gasteiger partial charge in [-0.2, -0.15) is 0 Å². The van der Waals surface area contributed by atoms with Crippen molar-refractivity contribution in [3.05, 3.63) is 29.8 Å². The van der Waals surface area contributed by atoms with Crippen LogP contribution in [0, 0.1) is 11.3 Å². The van der Waals surface area contributed by atoms with Crippen LogP contribution in [0.5, 0.6) is 5.75 Å². The van der Waals surface area contributed by atoms with Crippen LogP contribution in [-0.2, 0) is 4.79 Å². The molecule has 1 unspecified atom stereocenters. The van der Waals surface area contributed by atoms with Crippen LogP contribution >= 0.6 is 0 Å². The van der Waals surface area contributed by atoms with E-state index in [1.54, 1.807) is 29.2 Å². The molecule has 1 heterocycles. The van der Waals surface area contributed by atoms with Crippen molar-refractivity contribution in [3.8, 4) is 5.75 Å². The lowest BCUT2D eigenvalue weighted by Crippen LogP contribution is -2.40. The maximum absolute atomic E-state index is 12.6. The molecule has 1 N–H and O–H groups in total. The van der Waals surface area contributed by atoms with Crippen molar-refractivity contribution in [2.45, 2.75) is 20.3 Å². The summed E-state index contributed by atoms with van der Waals surface area (Å²) in [4.78, 5) is 25.9. The number of para-hydroxylation sites is 1. The number of benzene rings is 1. The molecular weight excluding hydrogens is 270 g/mol. The van der Waals surface area contributed by atoms with Gasteiger partial charge in [0.1, 0.15) is 5.75 Å². The number of aliphatic carboxylic acids is 1. The number of carboxylic acid groups (broad SMARTS) is 1. The molecule has 1 aliphatic heterocycles. The molecule has 0 saturated carbocycles. The number of hydrogen-bond donors (Lipinski definition) is 1. The monoisotopic (exact) mass is 291 g/mol. The Balaban J connectivity index is 2.25. The van der Waals surface area contributed by atoms with Gasteiger partial charge in [0.2, 0.25) is 0 Å². The average molecular weight is 291 g/mol. The number of carbonyl (C=O) groups is 2. The summed E-state index contributed by atoms with van der Waals surface area (Å²) in [5.41, 5.74) is -0.373. The third-order valence-electron chi connectivity index (χ3n) is 4.46. The van der Waals surface area contributed by atoms with Gasteiger partial charge in [0, 0.05) is 13.1 Å². The Morgan fingerprint density at radius 3 is 2.52 bits per heavy atom. The van der Waals surface area contributed by atoms with Gasteiger partial charge in [-0.25, -0.2) is 0 Å². The molecule has 1 amide bonds. The first-order chi connectivity index (χ1) is 9.92. The molecule has 114 valence electrons. The van der Waals surface area contributed by atoms with Gasteiger partial charge in [0.15, 0.2) is 0 Å². The molecule has 5 nitrogen and oxygen atoms in total. The van der Waals surface area contributed by atoms with Crippen LogP contribution in [0.1, 0.15) is 30.6 Å². The van der Waals surface area contributed by atoms with Crippen molar-refractivity contribution in [2.24, 2.45) is 11.3 Å². The van der Waals surface area contributed by atoms with E-state index in [9.17, 15) is 14.7 Å². The summed E-state index contributed by atoms with van der Waals surface area (Å²) < 4.78 is 5.21. The van der Waals surface area contributed by atoms with Crippen LogP contribution in [-0.4, -0.2) is 42.1 Å². The highest BCUT2D eigenvalue weighted by molar-refractivity contribution is 5.97. The van der Waals surface area contributed by atoms with Gasteiger partial charge >= 0.3 is 5.97 Å². The molecule has 1 atom stereocenters. The molecule has 1 fully saturated rings. The second-order valence-electron chi connectivity index (χ2n) is 5.79. The van der Waals surface area contributed by atoms with Crippen LogP contribution < -0.4 is 4.74 Å². The number of hydrogen-bond acceptors (Lipinski definition) is 3. The fourth-order valence-electron chi connectivity index (χ4n) is 2.89. The maximum Gasteiger partial charge on any atom is 0.311 e. The van der Waals surface area contributed by atoms with Crippen LogP contribution in [0.4, 0.5) is 0 Å². The minimum absolute atomic E-state index is 0.0227. The molecular formula is C16H21NO4. The molecule has 0 aliphatic carbocycles. The van der Waals surface area contributed by atoms with Crippen LogP contribution in [0.3, 0.4) is 0 Å². The van der Waals surface area contributed by atoms with Crippen molar-refractivity contribution in [1.82, 2.24) is 4.90 Å². The molecule has 1 aromatic carbocycles. The number of rotatable bonds is 4. The summed E-state index contributed by atoms with van der Waals surface area (Å²) in [7, 11) is 1.52. The quantitative estimate of drug-likeness (QED) is 0.924. The standard InChI is InChI=1S/C16H21NO4/c1-11(2)16(15(19)20)8-9-17(10-16)14(18)12-6-4-5-7-13(12)21-3/h4-7,11H,8-10H2,1-3H3,(H,19,20). The van der Waals surface area contributed by atoms with E-state index < -0.39 is 11.4 Å². The normalized spacial score (nSPS) is 21.6. The van der Waals surface area contributed by atoms with E-state index in [2.05, 4.69) is 0 Å². The topological polar surface area (TPSA) is 66.8 Å². The summed E-state index contributed by atoms with van der Waals surface area (Å²) in [6.07, 6.45) is 0.487. The SMILES string of the molecule is COc1ccccc1C(=O)N1CCC(C(=O)O)(C(C)C)C1. The zero-order valence-electron chi connectivity index (χ0n) is 12.6. The van der Waals surface area contributed by atoms with Gasteiger partial charge in [-0.3, -0.25) is 9.59 Å². The molecule has 0 spiro atoms. The Bertz CT molecular complexity index is 555. The summed E-state index contributed by atoms with van der Waals surface area (Å²) in [6, 6.07) is 7.02. The first kappa shape index (κ1) is 15.4. The van der Waals surface area contributed by atoms with Gasteiger partial charge in [0.05, 0.1) is 18.1 Å². The van der Waals surface area contributed by atoms with Crippen molar-refractivity contribution in [2.75, 3.05) is 20.2 Å². The van der Waals surface area contributed by atoms with Crippen molar-refractivity contribution < 1.29 is 19.4 Å². The maximum atomic E-state index is 12.6. The van der Waals surface area contributed by atoms with E-state index in [1.807, 2.05) is 13.8 Å². The van der Waals surface area contributed by atoms with Crippen LogP contribution in [0.25, 0.3) is 0 Å². The first-order valence-corrected chi connectivity index (χ1v) is 7.08. The zero-order chi connectivity index (χ0) is 15.6. The van der Waals surface area contributed by atoms with E-state index >= 15 is 0 Å². The molecule has 0 aromatic heterocycles. The van der Waals surface area contributed by atoms with Gasteiger partial charge < -0.3 is 14.7 Å². The second-order valence-corrected chi connectivity index (χ2v) is 5.79. The van der Waals surface area contributed by atoms with Crippen molar-refractivity contribution in [1.29, 1.82) is 0 Å². The lowest BCUT2D eigenvalue weighted by molar-refractivity contribution is -0.150.